The molecule has 0 bridgehead atoms. The number of nitrogens with one attached hydrogen (secondary N) is 1. The SMILES string of the molecule is CCC1C(C(=O)OCC(=O)O)=C(C)NC(C)=C1C(=O)OCC(=O)O. The van der Waals surface area contributed by atoms with Crippen molar-refractivity contribution in [1.82, 2.24) is 5.32 Å². The van der Waals surface area contributed by atoms with E-state index in [9.17, 15) is 19.2 Å². The number of hydrogen-bond acceptors (Lipinski definition) is 7. The molecule has 0 aromatic rings. The van der Waals surface area contributed by atoms with Crippen LogP contribution in [-0.4, -0.2) is 47.3 Å². The van der Waals surface area contributed by atoms with Crippen molar-refractivity contribution in [2.45, 2.75) is 27.2 Å². The van der Waals surface area contributed by atoms with Gasteiger partial charge in [-0.2, -0.15) is 0 Å². The first-order chi connectivity index (χ1) is 11.2. The average molecular weight is 341 g/mol. The van der Waals surface area contributed by atoms with Crippen molar-refractivity contribution in [2.75, 3.05) is 13.2 Å². The van der Waals surface area contributed by atoms with Gasteiger partial charge in [0.2, 0.25) is 0 Å². The highest BCUT2D eigenvalue weighted by Crippen LogP contribution is 2.33. The van der Waals surface area contributed by atoms with Crippen LogP contribution in [0.1, 0.15) is 27.2 Å². The molecule has 0 unspecified atom stereocenters. The first-order valence-electron chi connectivity index (χ1n) is 7.15. The van der Waals surface area contributed by atoms with Crippen LogP contribution in [0.2, 0.25) is 0 Å². The molecule has 0 aliphatic carbocycles. The summed E-state index contributed by atoms with van der Waals surface area (Å²) in [5.41, 5.74) is 1.10. The van der Waals surface area contributed by atoms with Gasteiger partial charge in [0.1, 0.15) is 0 Å². The summed E-state index contributed by atoms with van der Waals surface area (Å²) >= 11 is 0. The van der Waals surface area contributed by atoms with E-state index >= 15 is 0 Å². The van der Waals surface area contributed by atoms with Gasteiger partial charge in [-0.15, -0.1) is 0 Å². The Bertz CT molecular complexity index is 579. The van der Waals surface area contributed by atoms with Crippen LogP contribution in [-0.2, 0) is 28.7 Å². The Balaban J connectivity index is 3.08. The van der Waals surface area contributed by atoms with Crippen molar-refractivity contribution in [3.63, 3.8) is 0 Å². The van der Waals surface area contributed by atoms with E-state index in [1.807, 2.05) is 0 Å². The van der Waals surface area contributed by atoms with E-state index < -0.39 is 43.0 Å². The highest BCUT2D eigenvalue weighted by atomic mass is 16.6. The zero-order chi connectivity index (χ0) is 18.4. The fourth-order valence-electron chi connectivity index (χ4n) is 2.49. The summed E-state index contributed by atoms with van der Waals surface area (Å²) < 4.78 is 9.40. The maximum atomic E-state index is 12.2. The van der Waals surface area contributed by atoms with Gasteiger partial charge in [-0.25, -0.2) is 19.2 Å². The van der Waals surface area contributed by atoms with Gasteiger partial charge in [0, 0.05) is 17.3 Å². The molecule has 9 nitrogen and oxygen atoms in total. The molecule has 0 saturated heterocycles. The predicted molar refractivity (Wildman–Crippen MR) is 79.5 cm³/mol. The van der Waals surface area contributed by atoms with E-state index in [0.717, 1.165) is 0 Å². The molecule has 3 N–H and O–H groups in total. The molecule has 9 heteroatoms. The van der Waals surface area contributed by atoms with E-state index in [4.69, 9.17) is 19.7 Å². The lowest BCUT2D eigenvalue weighted by Crippen LogP contribution is -2.34. The lowest BCUT2D eigenvalue weighted by Gasteiger charge is -2.29. The summed E-state index contributed by atoms with van der Waals surface area (Å²) in [5, 5.41) is 20.1. The van der Waals surface area contributed by atoms with Crippen molar-refractivity contribution in [3.8, 4) is 0 Å². The number of rotatable bonds is 7. The van der Waals surface area contributed by atoms with Crippen molar-refractivity contribution in [2.24, 2.45) is 5.92 Å². The Hall–Kier alpha value is -2.84. The van der Waals surface area contributed by atoms with Crippen LogP contribution in [0.15, 0.2) is 22.5 Å². The van der Waals surface area contributed by atoms with E-state index in [2.05, 4.69) is 5.32 Å². The summed E-state index contributed by atoms with van der Waals surface area (Å²) in [5.74, 6) is -5.00. The monoisotopic (exact) mass is 341 g/mol. The number of dihydropyridines is 1. The number of carbonyl (C=O) groups is 4. The average Bonchev–Trinajstić information content (AvgIpc) is 2.49. The normalized spacial score (nSPS) is 15.0. The Morgan fingerprint density at radius 3 is 1.58 bits per heavy atom. The molecule has 0 radical (unpaired) electrons. The topological polar surface area (TPSA) is 139 Å². The van der Waals surface area contributed by atoms with Crippen molar-refractivity contribution in [1.29, 1.82) is 0 Å². The zero-order valence-electron chi connectivity index (χ0n) is 13.5. The van der Waals surface area contributed by atoms with E-state index in [1.165, 1.54) is 0 Å². The Labute approximate surface area is 137 Å². The summed E-state index contributed by atoms with van der Waals surface area (Å²) in [4.78, 5) is 45.4. The molecule has 1 aliphatic rings. The van der Waals surface area contributed by atoms with Crippen LogP contribution in [0.3, 0.4) is 0 Å². The maximum absolute atomic E-state index is 12.2. The quantitative estimate of drug-likeness (QED) is 0.562. The van der Waals surface area contributed by atoms with Gasteiger partial charge >= 0.3 is 23.9 Å². The van der Waals surface area contributed by atoms with Gasteiger partial charge < -0.3 is 25.0 Å². The van der Waals surface area contributed by atoms with Gasteiger partial charge in [-0.05, 0) is 20.3 Å². The number of allylic oxidation sites excluding steroid dienone is 2. The molecule has 0 amide bonds. The summed E-state index contributed by atoms with van der Waals surface area (Å²) in [7, 11) is 0. The number of hydrogen-bond donors (Lipinski definition) is 3. The summed E-state index contributed by atoms with van der Waals surface area (Å²) in [6, 6.07) is 0. The molecule has 0 aromatic heterocycles. The Kier molecular flexibility index (Phi) is 6.51. The molecule has 0 saturated carbocycles. The highest BCUT2D eigenvalue weighted by molar-refractivity contribution is 5.98. The van der Waals surface area contributed by atoms with Crippen molar-refractivity contribution < 1.29 is 38.9 Å². The molecule has 0 fully saturated rings. The molecule has 24 heavy (non-hydrogen) atoms. The van der Waals surface area contributed by atoms with E-state index in [-0.39, 0.29) is 11.1 Å². The molecule has 1 heterocycles. The first kappa shape index (κ1) is 19.2. The van der Waals surface area contributed by atoms with Gasteiger partial charge in [-0.3, -0.25) is 0 Å². The highest BCUT2D eigenvalue weighted by Gasteiger charge is 2.36. The standard InChI is InChI=1S/C15H19NO8/c1-4-9-12(14(21)23-5-10(17)18)7(2)16-8(3)13(9)15(22)24-6-11(19)20/h9,16H,4-6H2,1-3H3,(H,17,18)(H,19,20). The lowest BCUT2D eigenvalue weighted by atomic mass is 9.83. The van der Waals surface area contributed by atoms with E-state index in [0.29, 0.717) is 17.8 Å². The lowest BCUT2D eigenvalue weighted by molar-refractivity contribution is -0.153. The summed E-state index contributed by atoms with van der Waals surface area (Å²) in [6.07, 6.45) is 0.339. The third kappa shape index (κ3) is 4.58. The number of carboxylic acids is 2. The molecule has 0 aromatic carbocycles. The minimum absolute atomic E-state index is 0.117. The van der Waals surface area contributed by atoms with Crippen LogP contribution in [0.5, 0.6) is 0 Å². The minimum Gasteiger partial charge on any atom is -0.479 e. The first-order valence-corrected chi connectivity index (χ1v) is 7.15. The third-order valence-corrected chi connectivity index (χ3v) is 3.38. The van der Waals surface area contributed by atoms with Gasteiger partial charge in [-0.1, -0.05) is 6.92 Å². The second kappa shape index (κ2) is 8.14. The predicted octanol–water partition coefficient (Wildman–Crippen LogP) is 0.419. The largest absolute Gasteiger partial charge is 0.479 e. The third-order valence-electron chi connectivity index (χ3n) is 3.38. The van der Waals surface area contributed by atoms with Crippen molar-refractivity contribution >= 4 is 23.9 Å². The zero-order valence-corrected chi connectivity index (χ0v) is 13.5. The van der Waals surface area contributed by atoms with Crippen LogP contribution in [0, 0.1) is 5.92 Å². The Morgan fingerprint density at radius 2 is 1.29 bits per heavy atom. The van der Waals surface area contributed by atoms with Crippen LogP contribution >= 0.6 is 0 Å². The molecular weight excluding hydrogens is 322 g/mol. The number of carboxylic acid groups (broad SMARTS) is 2. The second-order valence-corrected chi connectivity index (χ2v) is 5.10. The number of ether oxygens (including phenoxy) is 2. The molecule has 1 aliphatic heterocycles. The van der Waals surface area contributed by atoms with Gasteiger partial charge in [0.15, 0.2) is 13.2 Å². The van der Waals surface area contributed by atoms with Crippen molar-refractivity contribution in [3.05, 3.63) is 22.5 Å². The van der Waals surface area contributed by atoms with E-state index in [1.54, 1.807) is 20.8 Å². The number of aliphatic carboxylic acids is 2. The molecule has 0 spiro atoms. The van der Waals surface area contributed by atoms with Crippen LogP contribution < -0.4 is 5.32 Å². The minimum atomic E-state index is -1.30. The molecule has 132 valence electrons. The molecule has 1 rings (SSSR count). The fraction of sp³-hybridized carbons (Fsp3) is 0.467. The fourth-order valence-corrected chi connectivity index (χ4v) is 2.49. The van der Waals surface area contributed by atoms with Gasteiger partial charge in [0.05, 0.1) is 11.1 Å². The van der Waals surface area contributed by atoms with Crippen LogP contribution in [0.4, 0.5) is 0 Å². The summed E-state index contributed by atoms with van der Waals surface area (Å²) in [6.45, 7) is 3.33. The maximum Gasteiger partial charge on any atom is 0.341 e. The second-order valence-electron chi connectivity index (χ2n) is 5.10. The molecule has 0 atom stereocenters. The Morgan fingerprint density at radius 1 is 0.917 bits per heavy atom. The number of carbonyl (C=O) groups excluding carboxylic acids is 2. The number of esters is 2. The van der Waals surface area contributed by atoms with Gasteiger partial charge in [0.25, 0.3) is 0 Å². The van der Waals surface area contributed by atoms with Crippen LogP contribution in [0.25, 0.3) is 0 Å². The molecular formula is C15H19NO8. The smallest absolute Gasteiger partial charge is 0.341 e.